The summed E-state index contributed by atoms with van der Waals surface area (Å²) in [7, 11) is -2.29. The highest BCUT2D eigenvalue weighted by Gasteiger charge is 2.23. The molecule has 0 bridgehead atoms. The van der Waals surface area contributed by atoms with Gasteiger partial charge in [0, 0.05) is 18.5 Å². The maximum absolute atomic E-state index is 13.6. The predicted molar refractivity (Wildman–Crippen MR) is 74.2 cm³/mol. The van der Waals surface area contributed by atoms with Gasteiger partial charge < -0.3 is 0 Å². The number of sulfonamides is 1. The third kappa shape index (κ3) is 3.20. The predicted octanol–water partition coefficient (Wildman–Crippen LogP) is 2.75. The fourth-order valence-corrected chi connectivity index (χ4v) is 3.60. The van der Waals surface area contributed by atoms with Crippen LogP contribution in [0.2, 0.25) is 0 Å². The second-order valence-electron chi connectivity index (χ2n) is 4.09. The number of hydrogen-bond acceptors (Lipinski definition) is 3. The second kappa shape index (κ2) is 5.81. The second-order valence-corrected chi connectivity index (χ2v) is 7.13. The molecule has 0 fully saturated rings. The summed E-state index contributed by atoms with van der Waals surface area (Å²) in [5, 5.41) is 1.95. The van der Waals surface area contributed by atoms with Crippen molar-refractivity contribution in [1.29, 1.82) is 0 Å². The number of benzene rings is 1. The summed E-state index contributed by atoms with van der Waals surface area (Å²) in [6, 6.07) is 9.30. The van der Waals surface area contributed by atoms with Crippen LogP contribution in [0.1, 0.15) is 4.88 Å². The lowest BCUT2D eigenvalue weighted by Crippen LogP contribution is -2.29. The highest BCUT2D eigenvalue weighted by Crippen LogP contribution is 2.18. The number of hydrogen-bond donors (Lipinski definition) is 0. The summed E-state index contributed by atoms with van der Waals surface area (Å²) in [5.41, 5.74) is 0. The van der Waals surface area contributed by atoms with Gasteiger partial charge in [-0.15, -0.1) is 11.3 Å². The summed E-state index contributed by atoms with van der Waals surface area (Å²) >= 11 is 1.58. The average molecular weight is 299 g/mol. The molecule has 1 heterocycles. The van der Waals surface area contributed by atoms with Crippen LogP contribution in [0.15, 0.2) is 46.7 Å². The van der Waals surface area contributed by atoms with E-state index in [-0.39, 0.29) is 4.90 Å². The van der Waals surface area contributed by atoms with Crippen molar-refractivity contribution in [1.82, 2.24) is 4.31 Å². The minimum absolute atomic E-state index is 0.274. The first kappa shape index (κ1) is 14.2. The van der Waals surface area contributed by atoms with Crippen molar-refractivity contribution in [3.63, 3.8) is 0 Å². The zero-order chi connectivity index (χ0) is 13.9. The summed E-state index contributed by atoms with van der Waals surface area (Å²) in [5.74, 6) is -0.717. The molecule has 0 aliphatic rings. The van der Waals surface area contributed by atoms with Crippen LogP contribution < -0.4 is 0 Å². The molecule has 3 nitrogen and oxygen atoms in total. The molecular weight excluding hydrogens is 285 g/mol. The number of rotatable bonds is 5. The molecule has 0 aliphatic carbocycles. The van der Waals surface area contributed by atoms with Crippen molar-refractivity contribution in [2.45, 2.75) is 11.3 Å². The maximum atomic E-state index is 13.6. The van der Waals surface area contributed by atoms with E-state index in [1.54, 1.807) is 11.3 Å². The van der Waals surface area contributed by atoms with E-state index in [0.717, 1.165) is 10.9 Å². The van der Waals surface area contributed by atoms with Gasteiger partial charge in [0.15, 0.2) is 0 Å². The molecule has 6 heteroatoms. The smallest absolute Gasteiger partial charge is 0.207 e. The molecule has 0 N–H and O–H groups in total. The first-order valence-electron chi connectivity index (χ1n) is 5.75. The van der Waals surface area contributed by atoms with Crippen LogP contribution in [0.4, 0.5) is 4.39 Å². The molecule has 102 valence electrons. The highest BCUT2D eigenvalue weighted by atomic mass is 32.2. The first-order chi connectivity index (χ1) is 9.01. The maximum Gasteiger partial charge on any atom is 0.245 e. The summed E-state index contributed by atoms with van der Waals surface area (Å²) < 4.78 is 39.1. The Labute approximate surface area is 116 Å². The fourth-order valence-electron chi connectivity index (χ4n) is 1.66. The van der Waals surface area contributed by atoms with Crippen LogP contribution in [0.25, 0.3) is 0 Å². The number of halogens is 1. The van der Waals surface area contributed by atoms with E-state index in [0.29, 0.717) is 13.0 Å². The molecule has 0 amide bonds. The normalized spacial score (nSPS) is 11.9. The zero-order valence-electron chi connectivity index (χ0n) is 10.4. The van der Waals surface area contributed by atoms with E-state index < -0.39 is 15.8 Å². The van der Waals surface area contributed by atoms with Crippen molar-refractivity contribution in [3.8, 4) is 0 Å². The van der Waals surface area contributed by atoms with Gasteiger partial charge in [-0.05, 0) is 30.0 Å². The Morgan fingerprint density at radius 1 is 1.21 bits per heavy atom. The van der Waals surface area contributed by atoms with Gasteiger partial charge >= 0.3 is 0 Å². The molecular formula is C13H14FNO2S2. The topological polar surface area (TPSA) is 37.4 Å². The molecule has 0 aliphatic heterocycles. The third-order valence-corrected chi connectivity index (χ3v) is 5.60. The molecule has 0 saturated carbocycles. The molecule has 1 aromatic carbocycles. The van der Waals surface area contributed by atoms with Gasteiger partial charge in [0.2, 0.25) is 10.0 Å². The van der Waals surface area contributed by atoms with Gasteiger partial charge in [-0.25, -0.2) is 17.1 Å². The van der Waals surface area contributed by atoms with Crippen molar-refractivity contribution < 1.29 is 12.8 Å². The van der Waals surface area contributed by atoms with E-state index >= 15 is 0 Å². The van der Waals surface area contributed by atoms with Crippen LogP contribution in [-0.4, -0.2) is 26.3 Å². The van der Waals surface area contributed by atoms with Crippen molar-refractivity contribution >= 4 is 21.4 Å². The molecule has 0 radical (unpaired) electrons. The van der Waals surface area contributed by atoms with Crippen molar-refractivity contribution in [2.75, 3.05) is 13.6 Å². The Balaban J connectivity index is 2.13. The van der Waals surface area contributed by atoms with Crippen LogP contribution >= 0.6 is 11.3 Å². The van der Waals surface area contributed by atoms with E-state index in [2.05, 4.69) is 0 Å². The van der Waals surface area contributed by atoms with Crippen molar-refractivity contribution in [3.05, 3.63) is 52.5 Å². The summed E-state index contributed by atoms with van der Waals surface area (Å²) in [6.45, 7) is 0.331. The van der Waals surface area contributed by atoms with Gasteiger partial charge in [0.05, 0.1) is 0 Å². The van der Waals surface area contributed by atoms with Crippen molar-refractivity contribution in [2.24, 2.45) is 0 Å². The molecule has 0 unspecified atom stereocenters. The molecule has 2 rings (SSSR count). The number of likely N-dealkylation sites (N-methyl/N-ethyl adjacent to an activating group) is 1. The monoisotopic (exact) mass is 299 g/mol. The molecule has 19 heavy (non-hydrogen) atoms. The van der Waals surface area contributed by atoms with Crippen LogP contribution in [0.3, 0.4) is 0 Å². The average Bonchev–Trinajstić information content (AvgIpc) is 2.89. The minimum atomic E-state index is -3.76. The van der Waals surface area contributed by atoms with Gasteiger partial charge in [-0.3, -0.25) is 0 Å². The molecule has 0 atom stereocenters. The highest BCUT2D eigenvalue weighted by molar-refractivity contribution is 7.89. The van der Waals surface area contributed by atoms with Gasteiger partial charge in [-0.2, -0.15) is 0 Å². The Kier molecular flexibility index (Phi) is 4.34. The fraction of sp³-hybridized carbons (Fsp3) is 0.231. The van der Waals surface area contributed by atoms with E-state index in [9.17, 15) is 12.8 Å². The van der Waals surface area contributed by atoms with Gasteiger partial charge in [0.1, 0.15) is 10.7 Å². The lowest BCUT2D eigenvalue weighted by atomic mass is 10.3. The molecule has 1 aromatic heterocycles. The van der Waals surface area contributed by atoms with E-state index in [1.807, 2.05) is 17.5 Å². The lowest BCUT2D eigenvalue weighted by Gasteiger charge is -2.17. The van der Waals surface area contributed by atoms with E-state index in [1.165, 1.54) is 29.6 Å². The van der Waals surface area contributed by atoms with Gasteiger partial charge in [0.25, 0.3) is 0 Å². The summed E-state index contributed by atoms with van der Waals surface area (Å²) in [6.07, 6.45) is 0.627. The Morgan fingerprint density at radius 2 is 1.95 bits per heavy atom. The SMILES string of the molecule is CN(CCc1cccs1)S(=O)(=O)c1ccccc1F. The Bertz CT molecular complexity index is 638. The quantitative estimate of drug-likeness (QED) is 0.851. The zero-order valence-corrected chi connectivity index (χ0v) is 12.0. The Hall–Kier alpha value is -1.24. The molecule has 0 saturated heterocycles. The Morgan fingerprint density at radius 3 is 2.58 bits per heavy atom. The minimum Gasteiger partial charge on any atom is -0.207 e. The van der Waals surface area contributed by atoms with Gasteiger partial charge in [-0.1, -0.05) is 18.2 Å². The molecule has 0 spiro atoms. The molecule has 2 aromatic rings. The number of thiophene rings is 1. The van der Waals surface area contributed by atoms with E-state index in [4.69, 9.17) is 0 Å². The van der Waals surface area contributed by atoms with Crippen LogP contribution in [-0.2, 0) is 16.4 Å². The first-order valence-corrected chi connectivity index (χ1v) is 8.07. The standard InChI is InChI=1S/C13H14FNO2S2/c1-15(9-8-11-5-4-10-18-11)19(16,17)13-7-3-2-6-12(13)14/h2-7,10H,8-9H2,1H3. The number of nitrogens with zero attached hydrogens (tertiary/aromatic N) is 1. The van der Waals surface area contributed by atoms with Crippen LogP contribution in [0, 0.1) is 5.82 Å². The summed E-state index contributed by atoms with van der Waals surface area (Å²) in [4.78, 5) is 0.833. The van der Waals surface area contributed by atoms with Crippen LogP contribution in [0.5, 0.6) is 0 Å². The lowest BCUT2D eigenvalue weighted by molar-refractivity contribution is 0.466. The largest absolute Gasteiger partial charge is 0.245 e. The third-order valence-electron chi connectivity index (χ3n) is 2.78.